The van der Waals surface area contributed by atoms with E-state index in [2.05, 4.69) is 0 Å². The van der Waals surface area contributed by atoms with E-state index in [0.717, 1.165) is 5.56 Å². The van der Waals surface area contributed by atoms with Crippen molar-refractivity contribution >= 4 is 5.97 Å². The van der Waals surface area contributed by atoms with Gasteiger partial charge in [0.2, 0.25) is 0 Å². The van der Waals surface area contributed by atoms with Crippen LogP contribution in [0.4, 0.5) is 4.39 Å². The summed E-state index contributed by atoms with van der Waals surface area (Å²) < 4.78 is 29.1. The summed E-state index contributed by atoms with van der Waals surface area (Å²) in [6, 6.07) is 6.08. The molecular weight excluding hydrogens is 263 g/mol. The summed E-state index contributed by atoms with van der Waals surface area (Å²) in [6.45, 7) is 4.05. The molecule has 110 valence electrons. The maximum atomic E-state index is 13.0. The van der Waals surface area contributed by atoms with Gasteiger partial charge in [-0.15, -0.1) is 0 Å². The number of rotatable bonds is 4. The second-order valence-corrected chi connectivity index (χ2v) is 5.31. The van der Waals surface area contributed by atoms with Crippen molar-refractivity contribution < 1.29 is 23.4 Å². The molecule has 1 fully saturated rings. The minimum Gasteiger partial charge on any atom is -0.469 e. The number of carbonyl (C=O) groups is 1. The molecule has 2 atom stereocenters. The number of carbonyl (C=O) groups excluding carboxylic acids is 1. The summed E-state index contributed by atoms with van der Waals surface area (Å²) in [7, 11) is 1.35. The van der Waals surface area contributed by atoms with Gasteiger partial charge in [0, 0.05) is 5.92 Å². The van der Waals surface area contributed by atoms with Crippen molar-refractivity contribution in [1.29, 1.82) is 0 Å². The van der Waals surface area contributed by atoms with Crippen LogP contribution in [0.15, 0.2) is 24.3 Å². The zero-order valence-electron chi connectivity index (χ0n) is 11.9. The van der Waals surface area contributed by atoms with Crippen LogP contribution < -0.4 is 0 Å². The molecule has 1 aliphatic heterocycles. The van der Waals surface area contributed by atoms with E-state index in [1.165, 1.54) is 19.2 Å². The molecular formula is C15H19FO4. The first-order chi connectivity index (χ1) is 9.41. The number of halogens is 1. The molecule has 0 N–H and O–H groups in total. The van der Waals surface area contributed by atoms with Gasteiger partial charge in [0.15, 0.2) is 5.79 Å². The first-order valence-electron chi connectivity index (χ1n) is 6.55. The number of benzene rings is 1. The molecule has 1 aromatic rings. The van der Waals surface area contributed by atoms with Crippen LogP contribution in [0.5, 0.6) is 0 Å². The van der Waals surface area contributed by atoms with Gasteiger partial charge >= 0.3 is 5.97 Å². The van der Waals surface area contributed by atoms with Crippen molar-refractivity contribution in [3.8, 4) is 0 Å². The number of hydrogen-bond donors (Lipinski definition) is 0. The Morgan fingerprint density at radius 3 is 2.60 bits per heavy atom. The summed E-state index contributed by atoms with van der Waals surface area (Å²) in [5, 5.41) is 0. The van der Waals surface area contributed by atoms with Crippen LogP contribution in [-0.2, 0) is 19.0 Å². The predicted molar refractivity (Wildman–Crippen MR) is 70.7 cm³/mol. The van der Waals surface area contributed by atoms with E-state index < -0.39 is 5.79 Å². The molecule has 0 bridgehead atoms. The van der Waals surface area contributed by atoms with Crippen LogP contribution >= 0.6 is 0 Å². The van der Waals surface area contributed by atoms with Crippen LogP contribution in [-0.4, -0.2) is 31.6 Å². The lowest BCUT2D eigenvalue weighted by Gasteiger charge is -2.24. The third-order valence-electron chi connectivity index (χ3n) is 3.39. The van der Waals surface area contributed by atoms with Gasteiger partial charge in [-0.3, -0.25) is 4.79 Å². The predicted octanol–water partition coefficient (Wildman–Crippen LogP) is 2.62. The quantitative estimate of drug-likeness (QED) is 0.796. The normalized spacial score (nSPS) is 22.5. The fourth-order valence-electron chi connectivity index (χ4n) is 2.35. The largest absolute Gasteiger partial charge is 0.469 e. The van der Waals surface area contributed by atoms with Gasteiger partial charge in [-0.1, -0.05) is 12.1 Å². The molecule has 1 aliphatic rings. The molecule has 0 unspecified atom stereocenters. The van der Waals surface area contributed by atoms with Gasteiger partial charge in [0.25, 0.3) is 0 Å². The first-order valence-corrected chi connectivity index (χ1v) is 6.55. The topological polar surface area (TPSA) is 44.8 Å². The Balaban J connectivity index is 2.21. The van der Waals surface area contributed by atoms with Crippen molar-refractivity contribution in [2.24, 2.45) is 0 Å². The summed E-state index contributed by atoms with van der Waals surface area (Å²) in [4.78, 5) is 11.6. The second kappa shape index (κ2) is 5.89. The number of methoxy groups -OCH3 is 1. The van der Waals surface area contributed by atoms with Gasteiger partial charge in [0.1, 0.15) is 5.82 Å². The van der Waals surface area contributed by atoms with E-state index >= 15 is 0 Å². The fraction of sp³-hybridized carbons (Fsp3) is 0.533. The average Bonchev–Trinajstić information content (AvgIpc) is 2.77. The van der Waals surface area contributed by atoms with Crippen molar-refractivity contribution in [3.63, 3.8) is 0 Å². The molecule has 1 heterocycles. The van der Waals surface area contributed by atoms with Gasteiger partial charge in [0.05, 0.1) is 26.2 Å². The highest BCUT2D eigenvalue weighted by molar-refractivity contribution is 5.70. The van der Waals surface area contributed by atoms with Crippen LogP contribution in [0.1, 0.15) is 31.7 Å². The van der Waals surface area contributed by atoms with Crippen molar-refractivity contribution in [1.82, 2.24) is 0 Å². The van der Waals surface area contributed by atoms with Gasteiger partial charge in [-0.25, -0.2) is 4.39 Å². The van der Waals surface area contributed by atoms with Crippen LogP contribution in [0.2, 0.25) is 0 Å². The number of hydrogen-bond acceptors (Lipinski definition) is 4. The molecule has 0 saturated carbocycles. The van der Waals surface area contributed by atoms with Crippen molar-refractivity contribution in [2.45, 2.75) is 38.1 Å². The van der Waals surface area contributed by atoms with Gasteiger partial charge in [-0.2, -0.15) is 0 Å². The summed E-state index contributed by atoms with van der Waals surface area (Å²) >= 11 is 0. The van der Waals surface area contributed by atoms with Crippen LogP contribution in [0.3, 0.4) is 0 Å². The van der Waals surface area contributed by atoms with E-state index in [0.29, 0.717) is 6.61 Å². The second-order valence-electron chi connectivity index (χ2n) is 5.31. The Hall–Kier alpha value is -1.46. The zero-order valence-corrected chi connectivity index (χ0v) is 11.9. The molecule has 20 heavy (non-hydrogen) atoms. The molecule has 0 spiro atoms. The smallest absolute Gasteiger partial charge is 0.306 e. The van der Waals surface area contributed by atoms with Crippen molar-refractivity contribution in [2.75, 3.05) is 13.7 Å². The molecule has 1 aromatic carbocycles. The molecule has 0 radical (unpaired) electrons. The molecule has 1 saturated heterocycles. The SMILES string of the molecule is COC(=O)C[C@H](c1ccc(F)cc1)[C@H]1COC(C)(C)O1. The molecule has 0 amide bonds. The molecule has 5 heteroatoms. The van der Waals surface area contributed by atoms with Gasteiger partial charge < -0.3 is 14.2 Å². The lowest BCUT2D eigenvalue weighted by molar-refractivity contribution is -0.148. The third kappa shape index (κ3) is 3.55. The monoisotopic (exact) mass is 282 g/mol. The third-order valence-corrected chi connectivity index (χ3v) is 3.39. The maximum absolute atomic E-state index is 13.0. The Morgan fingerprint density at radius 1 is 1.45 bits per heavy atom. The van der Waals surface area contributed by atoms with Crippen LogP contribution in [0.25, 0.3) is 0 Å². The van der Waals surface area contributed by atoms with Crippen molar-refractivity contribution in [3.05, 3.63) is 35.6 Å². The molecule has 4 nitrogen and oxygen atoms in total. The minimum atomic E-state index is -0.668. The lowest BCUT2D eigenvalue weighted by atomic mass is 9.90. The summed E-state index contributed by atoms with van der Waals surface area (Å²) in [5.41, 5.74) is 0.836. The highest BCUT2D eigenvalue weighted by atomic mass is 19.1. The highest BCUT2D eigenvalue weighted by Crippen LogP contribution is 2.34. The average molecular weight is 282 g/mol. The summed E-state index contributed by atoms with van der Waals surface area (Å²) in [5.74, 6) is -1.52. The van der Waals surface area contributed by atoms with E-state index in [1.807, 2.05) is 13.8 Å². The zero-order chi connectivity index (χ0) is 14.8. The van der Waals surface area contributed by atoms with E-state index in [9.17, 15) is 9.18 Å². The number of esters is 1. The standard InChI is InChI=1S/C15H19FO4/c1-15(2)19-9-13(20-15)12(8-14(17)18-3)10-4-6-11(16)7-5-10/h4-7,12-13H,8-9H2,1-3H3/t12-,13-/m1/s1. The first kappa shape index (κ1) is 14.9. The number of ether oxygens (including phenoxy) is 3. The van der Waals surface area contributed by atoms with E-state index in [4.69, 9.17) is 14.2 Å². The van der Waals surface area contributed by atoms with E-state index in [1.54, 1.807) is 12.1 Å². The Morgan fingerprint density at radius 2 is 2.10 bits per heavy atom. The summed E-state index contributed by atoms with van der Waals surface area (Å²) in [6.07, 6.45) is -0.0822. The molecule has 0 aromatic heterocycles. The Bertz CT molecular complexity index is 469. The molecule has 0 aliphatic carbocycles. The fourth-order valence-corrected chi connectivity index (χ4v) is 2.35. The van der Waals surface area contributed by atoms with Gasteiger partial charge in [-0.05, 0) is 31.5 Å². The Labute approximate surface area is 117 Å². The Kier molecular flexibility index (Phi) is 4.40. The highest BCUT2D eigenvalue weighted by Gasteiger charge is 2.38. The minimum absolute atomic E-state index is 0.173. The van der Waals surface area contributed by atoms with E-state index in [-0.39, 0.29) is 30.2 Å². The molecule has 2 rings (SSSR count). The lowest BCUT2D eigenvalue weighted by Crippen LogP contribution is -2.27. The van der Waals surface area contributed by atoms with Crippen LogP contribution in [0, 0.1) is 5.82 Å². The maximum Gasteiger partial charge on any atom is 0.306 e.